The van der Waals surface area contributed by atoms with Gasteiger partial charge in [-0.15, -0.1) is 0 Å². The third kappa shape index (κ3) is 4.15. The number of nitrogens with zero attached hydrogens (tertiary/aromatic N) is 1. The monoisotopic (exact) mass is 435 g/mol. The third-order valence-electron chi connectivity index (χ3n) is 6.25. The van der Waals surface area contributed by atoms with Crippen molar-refractivity contribution in [1.29, 1.82) is 0 Å². The van der Waals surface area contributed by atoms with Crippen molar-refractivity contribution in [3.8, 4) is 5.75 Å². The van der Waals surface area contributed by atoms with Crippen LogP contribution in [-0.2, 0) is 14.3 Å². The Balaban J connectivity index is 1.46. The minimum absolute atomic E-state index is 0.171. The van der Waals surface area contributed by atoms with Gasteiger partial charge in [0, 0.05) is 5.56 Å². The van der Waals surface area contributed by atoms with Gasteiger partial charge < -0.3 is 9.47 Å². The van der Waals surface area contributed by atoms with E-state index in [1.165, 1.54) is 24.1 Å². The quantitative estimate of drug-likeness (QED) is 0.391. The van der Waals surface area contributed by atoms with Crippen LogP contribution in [0.3, 0.4) is 0 Å². The summed E-state index contributed by atoms with van der Waals surface area (Å²) < 4.78 is 10.3. The van der Waals surface area contributed by atoms with E-state index in [2.05, 4.69) is 6.92 Å². The van der Waals surface area contributed by atoms with E-state index in [-0.39, 0.29) is 35.0 Å². The Morgan fingerprint density at radius 2 is 1.69 bits per heavy atom. The smallest absolute Gasteiger partial charge is 0.338 e. The van der Waals surface area contributed by atoms with Gasteiger partial charge in [0.15, 0.2) is 12.4 Å². The Morgan fingerprint density at radius 3 is 2.47 bits per heavy atom. The zero-order valence-corrected chi connectivity index (χ0v) is 18.1. The van der Waals surface area contributed by atoms with Crippen LogP contribution in [0.5, 0.6) is 5.75 Å². The van der Waals surface area contributed by atoms with Crippen molar-refractivity contribution in [2.24, 2.45) is 17.8 Å². The minimum Gasteiger partial charge on any atom is -0.497 e. The molecule has 2 aromatic rings. The molecule has 7 heteroatoms. The van der Waals surface area contributed by atoms with Gasteiger partial charge in [-0.25, -0.2) is 4.79 Å². The Morgan fingerprint density at radius 1 is 0.969 bits per heavy atom. The summed E-state index contributed by atoms with van der Waals surface area (Å²) in [5.41, 5.74) is 0.899. The molecule has 1 aliphatic heterocycles. The molecule has 0 unspecified atom stereocenters. The topological polar surface area (TPSA) is 90.0 Å². The number of methoxy groups -OCH3 is 1. The lowest BCUT2D eigenvalue weighted by atomic mass is 9.76. The number of ether oxygens (including phenoxy) is 2. The lowest BCUT2D eigenvalue weighted by molar-refractivity contribution is -0.122. The maximum absolute atomic E-state index is 12.9. The van der Waals surface area contributed by atoms with E-state index >= 15 is 0 Å². The molecule has 2 aliphatic rings. The second-order valence-corrected chi connectivity index (χ2v) is 8.42. The minimum atomic E-state index is -0.701. The fourth-order valence-electron chi connectivity index (χ4n) is 4.51. The van der Waals surface area contributed by atoms with Crippen molar-refractivity contribution in [3.05, 3.63) is 59.7 Å². The van der Waals surface area contributed by atoms with Gasteiger partial charge in [-0.2, -0.15) is 0 Å². The van der Waals surface area contributed by atoms with Crippen molar-refractivity contribution >= 4 is 29.3 Å². The predicted molar refractivity (Wildman–Crippen MR) is 117 cm³/mol. The van der Waals surface area contributed by atoms with Crippen molar-refractivity contribution in [1.82, 2.24) is 0 Å². The van der Waals surface area contributed by atoms with Crippen LogP contribution in [0, 0.1) is 17.8 Å². The van der Waals surface area contributed by atoms with Crippen molar-refractivity contribution in [2.75, 3.05) is 18.6 Å². The Hall–Kier alpha value is -3.48. The first kappa shape index (κ1) is 21.7. The number of hydrogen-bond donors (Lipinski definition) is 0. The molecular formula is C25H25NO6. The van der Waals surface area contributed by atoms with Gasteiger partial charge >= 0.3 is 5.97 Å². The van der Waals surface area contributed by atoms with Crippen LogP contribution >= 0.6 is 0 Å². The molecule has 7 nitrogen and oxygen atoms in total. The van der Waals surface area contributed by atoms with Gasteiger partial charge in [-0.1, -0.05) is 25.1 Å². The van der Waals surface area contributed by atoms with Gasteiger partial charge in [0.1, 0.15) is 5.75 Å². The van der Waals surface area contributed by atoms with Gasteiger partial charge in [-0.3, -0.25) is 19.3 Å². The van der Waals surface area contributed by atoms with Crippen LogP contribution in [0.1, 0.15) is 46.9 Å². The van der Waals surface area contributed by atoms with Crippen LogP contribution in [0.15, 0.2) is 48.5 Å². The van der Waals surface area contributed by atoms with E-state index in [4.69, 9.17) is 9.47 Å². The molecule has 1 saturated carbocycles. The normalized spacial score (nSPS) is 22.4. The van der Waals surface area contributed by atoms with E-state index < -0.39 is 12.6 Å². The average molecular weight is 435 g/mol. The predicted octanol–water partition coefficient (Wildman–Crippen LogP) is 3.66. The molecule has 0 radical (unpaired) electrons. The summed E-state index contributed by atoms with van der Waals surface area (Å²) in [6, 6.07) is 12.8. The lowest BCUT2D eigenvalue weighted by Gasteiger charge is -2.25. The molecule has 1 aliphatic carbocycles. The van der Waals surface area contributed by atoms with Gasteiger partial charge in [0.05, 0.1) is 30.2 Å². The largest absolute Gasteiger partial charge is 0.497 e. The van der Waals surface area contributed by atoms with Crippen LogP contribution in [0.4, 0.5) is 5.69 Å². The number of rotatable bonds is 6. The highest BCUT2D eigenvalue weighted by atomic mass is 16.5. The van der Waals surface area contributed by atoms with Crippen LogP contribution < -0.4 is 9.64 Å². The van der Waals surface area contributed by atoms with Crippen LogP contribution in [-0.4, -0.2) is 37.3 Å². The SMILES string of the molecule is COc1cccc(C(=O)COC(=O)c2cccc(N3C(=O)[C@@H]4CC[C@H](C)C[C@H]4C3=O)c2)c1. The number of ketones is 1. The molecule has 0 spiro atoms. The Labute approximate surface area is 186 Å². The molecule has 1 heterocycles. The highest BCUT2D eigenvalue weighted by Gasteiger charge is 2.50. The maximum Gasteiger partial charge on any atom is 0.338 e. The van der Waals surface area contributed by atoms with E-state index in [1.807, 2.05) is 0 Å². The number of Topliss-reactive ketones (excluding diaryl/α,β-unsaturated/α-hetero) is 1. The van der Waals surface area contributed by atoms with E-state index in [0.29, 0.717) is 35.8 Å². The number of amides is 2. The molecule has 0 aromatic heterocycles. The fourth-order valence-corrected chi connectivity index (χ4v) is 4.51. The maximum atomic E-state index is 12.9. The van der Waals surface area contributed by atoms with Crippen molar-refractivity contribution in [3.63, 3.8) is 0 Å². The molecule has 2 fully saturated rings. The number of hydrogen-bond acceptors (Lipinski definition) is 6. The van der Waals surface area contributed by atoms with E-state index in [1.54, 1.807) is 36.4 Å². The van der Waals surface area contributed by atoms with E-state index in [0.717, 1.165) is 6.42 Å². The number of esters is 1. The zero-order valence-electron chi connectivity index (χ0n) is 18.1. The molecule has 4 rings (SSSR count). The van der Waals surface area contributed by atoms with Crippen LogP contribution in [0.25, 0.3) is 0 Å². The van der Waals surface area contributed by atoms with Crippen molar-refractivity contribution in [2.45, 2.75) is 26.2 Å². The first-order valence-electron chi connectivity index (χ1n) is 10.7. The lowest BCUT2D eigenvalue weighted by Crippen LogP contribution is -2.31. The number of anilines is 1. The fraction of sp³-hybridized carbons (Fsp3) is 0.360. The van der Waals surface area contributed by atoms with Gasteiger partial charge in [0.2, 0.25) is 11.8 Å². The summed E-state index contributed by atoms with van der Waals surface area (Å²) in [6.45, 7) is 1.67. The molecule has 0 bridgehead atoms. The Bertz CT molecular complexity index is 1080. The standard InChI is InChI=1S/C25H25NO6/c1-15-9-10-20-21(11-15)24(29)26(23(20)28)18-7-3-6-17(12-18)25(30)32-14-22(27)16-5-4-8-19(13-16)31-2/h3-8,12-13,15,20-21H,9-11,14H2,1-2H3/t15-,20+,21+/m0/s1. The number of carbonyl (C=O) groups excluding carboxylic acids is 4. The Kier molecular flexibility index (Phi) is 6.08. The molecule has 3 atom stereocenters. The van der Waals surface area contributed by atoms with E-state index in [9.17, 15) is 19.2 Å². The summed E-state index contributed by atoms with van der Waals surface area (Å²) in [5, 5.41) is 0. The molecular weight excluding hydrogens is 410 g/mol. The summed E-state index contributed by atoms with van der Waals surface area (Å²) >= 11 is 0. The number of fused-ring (bicyclic) bond motifs is 1. The molecule has 32 heavy (non-hydrogen) atoms. The summed E-state index contributed by atoms with van der Waals surface area (Å²) in [4.78, 5) is 51.9. The number of imide groups is 1. The molecule has 1 saturated heterocycles. The highest BCUT2D eigenvalue weighted by Crippen LogP contribution is 2.42. The second kappa shape index (κ2) is 8.94. The first-order valence-corrected chi connectivity index (χ1v) is 10.7. The third-order valence-corrected chi connectivity index (χ3v) is 6.25. The average Bonchev–Trinajstić information content (AvgIpc) is 3.06. The zero-order chi connectivity index (χ0) is 22.8. The number of benzene rings is 2. The number of carbonyl (C=O) groups is 4. The summed E-state index contributed by atoms with van der Waals surface area (Å²) in [7, 11) is 1.50. The molecule has 2 amide bonds. The summed E-state index contributed by atoms with van der Waals surface area (Å²) in [6.07, 6.45) is 2.35. The molecule has 2 aromatic carbocycles. The van der Waals surface area contributed by atoms with Crippen LogP contribution in [0.2, 0.25) is 0 Å². The second-order valence-electron chi connectivity index (χ2n) is 8.42. The summed E-state index contributed by atoms with van der Waals surface area (Å²) in [5.74, 6) is -1.10. The molecule has 0 N–H and O–H groups in total. The molecule has 166 valence electrons. The van der Waals surface area contributed by atoms with Gasteiger partial charge in [0.25, 0.3) is 0 Å². The van der Waals surface area contributed by atoms with Gasteiger partial charge in [-0.05, 0) is 55.5 Å². The highest BCUT2D eigenvalue weighted by molar-refractivity contribution is 6.22. The van der Waals surface area contributed by atoms with Crippen molar-refractivity contribution < 1.29 is 28.7 Å². The first-order chi connectivity index (χ1) is 15.4.